The molecule has 0 saturated carbocycles. The molecule has 1 aromatic heterocycles. The van der Waals surface area contributed by atoms with Gasteiger partial charge in [-0.05, 0) is 26.2 Å². The number of nitrogens with one attached hydrogen (secondary N) is 3. The van der Waals surface area contributed by atoms with Crippen molar-refractivity contribution in [3.8, 4) is 0 Å². The normalized spacial score (nSPS) is 22.5. The molecule has 1 aromatic rings. The number of carbonyl (C=O) groups excluding carboxylic acids is 4. The van der Waals surface area contributed by atoms with E-state index in [0.717, 1.165) is 12.8 Å². The van der Waals surface area contributed by atoms with Gasteiger partial charge in [-0.3, -0.25) is 24.5 Å². The molecule has 0 spiro atoms. The number of carbonyl (C=O) groups is 4. The zero-order valence-corrected chi connectivity index (χ0v) is 17.3. The number of nitrogens with zero attached hydrogens (tertiary/aromatic N) is 3. The highest BCUT2D eigenvalue weighted by molar-refractivity contribution is 6.39. The predicted molar refractivity (Wildman–Crippen MR) is 108 cm³/mol. The molecular weight excluding hydrogens is 390 g/mol. The molecule has 11 heteroatoms. The average Bonchev–Trinajstić information content (AvgIpc) is 3.07. The maximum atomic E-state index is 12.6. The van der Waals surface area contributed by atoms with Gasteiger partial charge in [-0.1, -0.05) is 13.3 Å². The van der Waals surface area contributed by atoms with Crippen LogP contribution < -0.4 is 21.7 Å². The van der Waals surface area contributed by atoms with E-state index >= 15 is 0 Å². The summed E-state index contributed by atoms with van der Waals surface area (Å²) in [4.78, 5) is 49.9. The number of anilines is 1. The molecule has 3 rings (SSSR count). The maximum Gasteiger partial charge on any atom is 0.315 e. The van der Waals surface area contributed by atoms with Gasteiger partial charge in [0.15, 0.2) is 6.29 Å². The number of aromatic nitrogens is 2. The lowest BCUT2D eigenvalue weighted by atomic mass is 9.96. The lowest BCUT2D eigenvalue weighted by molar-refractivity contribution is -0.144. The molecule has 4 amide bonds. The van der Waals surface area contributed by atoms with Gasteiger partial charge in [0.25, 0.3) is 0 Å². The molecule has 2 saturated heterocycles. The van der Waals surface area contributed by atoms with Gasteiger partial charge in [0.05, 0.1) is 5.69 Å². The van der Waals surface area contributed by atoms with Crippen molar-refractivity contribution in [1.82, 2.24) is 25.3 Å². The summed E-state index contributed by atoms with van der Waals surface area (Å²) in [7, 11) is 0. The summed E-state index contributed by atoms with van der Waals surface area (Å²) >= 11 is 0. The SMILES string of the molecule is CCCC1CC(=O)NC(n2nc(C)cc2NC(=O)C(=O)N2CCC(C(N)=O)CC2)N1. The molecule has 2 unspecified atom stereocenters. The summed E-state index contributed by atoms with van der Waals surface area (Å²) in [5, 5.41) is 13.1. The number of rotatable bonds is 5. The van der Waals surface area contributed by atoms with Crippen molar-refractivity contribution < 1.29 is 19.2 Å². The third-order valence-corrected chi connectivity index (χ3v) is 5.48. The summed E-state index contributed by atoms with van der Waals surface area (Å²) in [6.45, 7) is 4.41. The van der Waals surface area contributed by atoms with Crippen LogP contribution in [0.1, 0.15) is 51.0 Å². The zero-order chi connectivity index (χ0) is 21.8. The van der Waals surface area contributed by atoms with Crippen LogP contribution in [0.3, 0.4) is 0 Å². The van der Waals surface area contributed by atoms with E-state index in [1.807, 2.05) is 6.92 Å². The van der Waals surface area contributed by atoms with Crippen LogP contribution in [0.4, 0.5) is 5.82 Å². The number of likely N-dealkylation sites (tertiary alicyclic amines) is 1. The first-order valence-electron chi connectivity index (χ1n) is 10.3. The van der Waals surface area contributed by atoms with Crippen molar-refractivity contribution in [2.75, 3.05) is 18.4 Å². The van der Waals surface area contributed by atoms with Crippen LogP contribution in [-0.2, 0) is 19.2 Å². The van der Waals surface area contributed by atoms with E-state index in [9.17, 15) is 19.2 Å². The molecule has 164 valence electrons. The van der Waals surface area contributed by atoms with E-state index in [4.69, 9.17) is 5.73 Å². The fourth-order valence-electron chi connectivity index (χ4n) is 3.91. The lowest BCUT2D eigenvalue weighted by Gasteiger charge is -2.32. The highest BCUT2D eigenvalue weighted by Gasteiger charge is 2.31. The summed E-state index contributed by atoms with van der Waals surface area (Å²) < 4.78 is 1.47. The van der Waals surface area contributed by atoms with Crippen molar-refractivity contribution in [3.63, 3.8) is 0 Å². The van der Waals surface area contributed by atoms with Crippen LogP contribution in [0.15, 0.2) is 6.07 Å². The van der Waals surface area contributed by atoms with Crippen molar-refractivity contribution in [1.29, 1.82) is 0 Å². The Morgan fingerprint density at radius 1 is 1.30 bits per heavy atom. The zero-order valence-electron chi connectivity index (χ0n) is 17.3. The molecule has 5 N–H and O–H groups in total. The summed E-state index contributed by atoms with van der Waals surface area (Å²) in [6, 6.07) is 1.65. The molecule has 0 aromatic carbocycles. The van der Waals surface area contributed by atoms with E-state index in [0.29, 0.717) is 43.9 Å². The Kier molecular flexibility index (Phi) is 6.70. The maximum absolute atomic E-state index is 12.6. The number of aryl methyl sites for hydroxylation is 1. The number of amides is 4. The van der Waals surface area contributed by atoms with Crippen LogP contribution in [0.25, 0.3) is 0 Å². The Bertz CT molecular complexity index is 829. The van der Waals surface area contributed by atoms with Gasteiger partial charge in [-0.25, -0.2) is 4.68 Å². The third-order valence-electron chi connectivity index (χ3n) is 5.48. The summed E-state index contributed by atoms with van der Waals surface area (Å²) in [6.07, 6.45) is 2.43. The van der Waals surface area contributed by atoms with E-state index in [1.54, 1.807) is 13.0 Å². The number of nitrogens with two attached hydrogens (primary N) is 1. The topological polar surface area (TPSA) is 151 Å². The van der Waals surface area contributed by atoms with Gasteiger partial charge >= 0.3 is 11.8 Å². The lowest BCUT2D eigenvalue weighted by Crippen LogP contribution is -2.53. The fourth-order valence-corrected chi connectivity index (χ4v) is 3.91. The standard InChI is InChI=1S/C19H29N7O4/c1-3-4-13-10-15(27)23-19(21-13)26-14(9-11(2)24-26)22-17(29)18(30)25-7-5-12(6-8-25)16(20)28/h9,12-13,19,21H,3-8,10H2,1-2H3,(H2,20,28)(H,22,29)(H,23,27). The van der Waals surface area contributed by atoms with Crippen molar-refractivity contribution in [2.45, 2.75) is 58.3 Å². The Hall–Kier alpha value is -2.95. The molecule has 0 bridgehead atoms. The second kappa shape index (κ2) is 9.24. The van der Waals surface area contributed by atoms with Gasteiger partial charge in [-0.2, -0.15) is 5.10 Å². The van der Waals surface area contributed by atoms with Crippen LogP contribution in [0, 0.1) is 12.8 Å². The largest absolute Gasteiger partial charge is 0.369 e. The van der Waals surface area contributed by atoms with Crippen LogP contribution in [-0.4, -0.2) is 57.4 Å². The van der Waals surface area contributed by atoms with Crippen LogP contribution in [0.5, 0.6) is 0 Å². The van der Waals surface area contributed by atoms with E-state index in [1.165, 1.54) is 9.58 Å². The Labute approximate surface area is 174 Å². The van der Waals surface area contributed by atoms with Gasteiger partial charge in [-0.15, -0.1) is 0 Å². The van der Waals surface area contributed by atoms with Crippen molar-refractivity contribution in [3.05, 3.63) is 11.8 Å². The molecule has 2 aliphatic rings. The van der Waals surface area contributed by atoms with E-state index in [-0.39, 0.29) is 23.8 Å². The minimum absolute atomic E-state index is 0.00925. The Morgan fingerprint density at radius 2 is 2.00 bits per heavy atom. The summed E-state index contributed by atoms with van der Waals surface area (Å²) in [5.41, 5.74) is 5.94. The first kappa shape index (κ1) is 21.8. The quantitative estimate of drug-likeness (QED) is 0.476. The first-order valence-corrected chi connectivity index (χ1v) is 10.3. The first-order chi connectivity index (χ1) is 14.3. The van der Waals surface area contributed by atoms with Crippen LogP contribution in [0.2, 0.25) is 0 Å². The minimum atomic E-state index is -0.791. The van der Waals surface area contributed by atoms with Gasteiger partial charge in [0.1, 0.15) is 5.82 Å². The van der Waals surface area contributed by atoms with E-state index < -0.39 is 18.1 Å². The van der Waals surface area contributed by atoms with Crippen molar-refractivity contribution >= 4 is 29.4 Å². The average molecular weight is 419 g/mol. The molecule has 11 nitrogen and oxygen atoms in total. The number of hydrogen-bond donors (Lipinski definition) is 4. The second-order valence-electron chi connectivity index (χ2n) is 7.86. The third kappa shape index (κ3) is 4.96. The Morgan fingerprint density at radius 3 is 2.63 bits per heavy atom. The number of piperidine rings is 1. The van der Waals surface area contributed by atoms with Crippen LogP contribution >= 0.6 is 0 Å². The van der Waals surface area contributed by atoms with Gasteiger partial charge < -0.3 is 21.3 Å². The molecular formula is C19H29N7O4. The van der Waals surface area contributed by atoms with Gasteiger partial charge in [0, 0.05) is 37.5 Å². The molecule has 3 heterocycles. The monoisotopic (exact) mass is 419 g/mol. The van der Waals surface area contributed by atoms with Gasteiger partial charge in [0.2, 0.25) is 11.8 Å². The second-order valence-corrected chi connectivity index (χ2v) is 7.86. The summed E-state index contributed by atoms with van der Waals surface area (Å²) in [5.74, 6) is -1.90. The molecule has 30 heavy (non-hydrogen) atoms. The Balaban J connectivity index is 1.67. The highest BCUT2D eigenvalue weighted by atomic mass is 16.2. The highest BCUT2D eigenvalue weighted by Crippen LogP contribution is 2.20. The molecule has 2 atom stereocenters. The number of primary amides is 1. The number of hydrogen-bond acceptors (Lipinski definition) is 6. The minimum Gasteiger partial charge on any atom is -0.369 e. The van der Waals surface area contributed by atoms with Crippen molar-refractivity contribution in [2.24, 2.45) is 11.7 Å². The molecule has 0 radical (unpaired) electrons. The molecule has 2 aliphatic heterocycles. The molecule has 0 aliphatic carbocycles. The molecule has 2 fully saturated rings. The smallest absolute Gasteiger partial charge is 0.315 e. The van der Waals surface area contributed by atoms with E-state index in [2.05, 4.69) is 21.0 Å². The fraction of sp³-hybridized carbons (Fsp3) is 0.632. The predicted octanol–water partition coefficient (Wildman–Crippen LogP) is -0.412.